The summed E-state index contributed by atoms with van der Waals surface area (Å²) in [5.41, 5.74) is -1.28. The van der Waals surface area contributed by atoms with E-state index in [1.807, 2.05) is 0 Å². The molecule has 0 saturated heterocycles. The van der Waals surface area contributed by atoms with Crippen molar-refractivity contribution >= 4 is 11.9 Å². The lowest BCUT2D eigenvalue weighted by Crippen LogP contribution is -2.42. The number of benzene rings is 1. The fourth-order valence-corrected chi connectivity index (χ4v) is 1.86. The molecule has 0 aliphatic rings. The average Bonchev–Trinajstić information content (AvgIpc) is 2.61. The average molecular weight is 324 g/mol. The van der Waals surface area contributed by atoms with Crippen LogP contribution in [-0.2, 0) is 14.6 Å². The predicted octanol–water partition coefficient (Wildman–Crippen LogP) is 0.457. The van der Waals surface area contributed by atoms with Gasteiger partial charge in [-0.25, -0.2) is 19.4 Å². The summed E-state index contributed by atoms with van der Waals surface area (Å²) in [6.45, 7) is 3.33. The van der Waals surface area contributed by atoms with Gasteiger partial charge in [0.05, 0.1) is 25.4 Å². The van der Waals surface area contributed by atoms with Gasteiger partial charge in [0.2, 0.25) is 0 Å². The van der Waals surface area contributed by atoms with Gasteiger partial charge in [-0.05, 0) is 12.1 Å². The molecular weight excluding hydrogens is 304 g/mol. The van der Waals surface area contributed by atoms with Crippen molar-refractivity contribution in [1.29, 1.82) is 0 Å². The third-order valence-corrected chi connectivity index (χ3v) is 3.85. The quantitative estimate of drug-likeness (QED) is 0.379. The molecule has 0 radical (unpaired) electrons. The fourth-order valence-electron chi connectivity index (χ4n) is 1.86. The van der Waals surface area contributed by atoms with Crippen molar-refractivity contribution in [2.24, 2.45) is 11.3 Å². The van der Waals surface area contributed by atoms with Crippen LogP contribution in [0.1, 0.15) is 17.3 Å². The van der Waals surface area contributed by atoms with E-state index in [4.69, 9.17) is 0 Å². The van der Waals surface area contributed by atoms with Crippen molar-refractivity contribution in [2.75, 3.05) is 19.8 Å². The molecule has 1 rings (SSSR count). The monoisotopic (exact) mass is 324 g/mol. The van der Waals surface area contributed by atoms with Crippen LogP contribution < -0.4 is 0 Å². The van der Waals surface area contributed by atoms with E-state index in [1.54, 1.807) is 18.2 Å². The number of carbonyl (C=O) groups excluding carboxylic acids is 2. The molecule has 3 N–H and O–H groups in total. The van der Waals surface area contributed by atoms with Crippen LogP contribution in [0.4, 0.5) is 0 Å². The number of rotatable bonds is 7. The van der Waals surface area contributed by atoms with Crippen LogP contribution in [-0.4, -0.2) is 47.1 Å². The van der Waals surface area contributed by atoms with Gasteiger partial charge in [0, 0.05) is 16.9 Å². The Kier molecular flexibility index (Phi) is 6.89. The second-order valence-electron chi connectivity index (χ2n) is 5.19. The van der Waals surface area contributed by atoms with E-state index < -0.39 is 43.1 Å². The second kappa shape index (κ2) is 8.42. The van der Waals surface area contributed by atoms with E-state index >= 15 is 0 Å². The molecule has 0 aromatic heterocycles. The van der Waals surface area contributed by atoms with Crippen LogP contribution in [0.3, 0.4) is 0 Å². The maximum atomic E-state index is 11.9. The summed E-state index contributed by atoms with van der Waals surface area (Å²) < 4.78 is 0. The second-order valence-corrected chi connectivity index (χ2v) is 5.19. The lowest BCUT2D eigenvalue weighted by atomic mass is 9.74. The van der Waals surface area contributed by atoms with Gasteiger partial charge in [-0.15, -0.1) is 0 Å². The van der Waals surface area contributed by atoms with E-state index in [0.717, 1.165) is 0 Å². The first-order valence-electron chi connectivity index (χ1n) is 6.91. The number of hydrogen-bond acceptors (Lipinski definition) is 7. The van der Waals surface area contributed by atoms with Gasteiger partial charge < -0.3 is 15.3 Å². The Morgan fingerprint density at radius 3 is 2.09 bits per heavy atom. The van der Waals surface area contributed by atoms with Crippen molar-refractivity contribution in [1.82, 2.24) is 0 Å². The summed E-state index contributed by atoms with van der Waals surface area (Å²) in [6, 6.07) is 7.93. The molecule has 23 heavy (non-hydrogen) atoms. The highest BCUT2D eigenvalue weighted by Crippen LogP contribution is 2.32. The van der Waals surface area contributed by atoms with Crippen molar-refractivity contribution in [3.63, 3.8) is 0 Å². The molecule has 7 heteroatoms. The Balaban J connectivity index is 2.67. The molecule has 1 aromatic carbocycles. The first-order valence-corrected chi connectivity index (χ1v) is 6.91. The zero-order valence-electron chi connectivity index (χ0n) is 12.8. The fraction of sp³-hybridized carbons (Fsp3) is 0.375. The summed E-state index contributed by atoms with van der Waals surface area (Å²) in [5.74, 6) is -2.68. The van der Waals surface area contributed by atoms with Crippen LogP contribution in [0.5, 0.6) is 0 Å². The highest BCUT2D eigenvalue weighted by atomic mass is 17.2. The number of hydrogen-bond donors (Lipinski definition) is 3. The van der Waals surface area contributed by atoms with Gasteiger partial charge in [0.15, 0.2) is 0 Å². The van der Waals surface area contributed by atoms with Gasteiger partial charge >= 0.3 is 11.9 Å². The molecule has 126 valence electrons. The Morgan fingerprint density at radius 2 is 1.61 bits per heavy atom. The molecule has 0 amide bonds. The third kappa shape index (κ3) is 4.38. The van der Waals surface area contributed by atoms with Crippen LogP contribution in [0, 0.1) is 11.3 Å². The Labute approximate surface area is 133 Å². The summed E-state index contributed by atoms with van der Waals surface area (Å²) in [5, 5.41) is 28.0. The number of aliphatic hydroxyl groups is 3. The zero-order chi connectivity index (χ0) is 17.5. The molecule has 0 bridgehead atoms. The van der Waals surface area contributed by atoms with Gasteiger partial charge in [0.25, 0.3) is 0 Å². The predicted molar refractivity (Wildman–Crippen MR) is 79.9 cm³/mol. The smallest absolute Gasteiger partial charge is 0.386 e. The van der Waals surface area contributed by atoms with E-state index in [2.05, 4.69) is 16.4 Å². The topological polar surface area (TPSA) is 113 Å². The van der Waals surface area contributed by atoms with Crippen molar-refractivity contribution in [3.8, 4) is 0 Å². The van der Waals surface area contributed by atoms with Crippen molar-refractivity contribution < 1.29 is 34.7 Å². The van der Waals surface area contributed by atoms with E-state index in [1.165, 1.54) is 19.1 Å². The minimum atomic E-state index is -1.33. The highest BCUT2D eigenvalue weighted by Gasteiger charge is 2.39. The van der Waals surface area contributed by atoms with E-state index in [0.29, 0.717) is 0 Å². The SMILES string of the molecule is C=C(C(=O)OOC(=O)c1ccccc1)C(C)C(CO)(CO)CO. The summed E-state index contributed by atoms with van der Waals surface area (Å²) in [4.78, 5) is 32.4. The molecule has 1 aromatic rings. The van der Waals surface area contributed by atoms with Crippen LogP contribution in [0.15, 0.2) is 42.5 Å². The zero-order valence-corrected chi connectivity index (χ0v) is 12.8. The Bertz CT molecular complexity index is 541. The van der Waals surface area contributed by atoms with E-state index in [-0.39, 0.29) is 11.1 Å². The standard InChI is InChI=1S/C16H20O7/c1-11(12(2)16(8-17,9-18)10-19)14(20)22-23-15(21)13-6-4-3-5-7-13/h3-7,12,17-19H,1,8-10H2,2H3. The largest absolute Gasteiger partial charge is 0.396 e. The summed E-state index contributed by atoms with van der Waals surface area (Å²) in [7, 11) is 0. The third-order valence-electron chi connectivity index (χ3n) is 3.85. The summed E-state index contributed by atoms with van der Waals surface area (Å²) in [6.07, 6.45) is 0. The van der Waals surface area contributed by atoms with Crippen LogP contribution in [0.25, 0.3) is 0 Å². The minimum absolute atomic E-state index is 0.150. The first kappa shape index (κ1) is 18.8. The van der Waals surface area contributed by atoms with Gasteiger partial charge in [0.1, 0.15) is 0 Å². The highest BCUT2D eigenvalue weighted by molar-refractivity contribution is 5.91. The lowest BCUT2D eigenvalue weighted by molar-refractivity contribution is -0.230. The Morgan fingerprint density at radius 1 is 1.09 bits per heavy atom. The van der Waals surface area contributed by atoms with E-state index in [9.17, 15) is 24.9 Å². The molecule has 0 spiro atoms. The molecule has 0 aliphatic carbocycles. The number of aliphatic hydroxyl groups excluding tert-OH is 3. The van der Waals surface area contributed by atoms with Crippen molar-refractivity contribution in [2.45, 2.75) is 6.92 Å². The maximum Gasteiger partial charge on any atom is 0.386 e. The van der Waals surface area contributed by atoms with Gasteiger partial charge in [-0.1, -0.05) is 31.7 Å². The van der Waals surface area contributed by atoms with Gasteiger partial charge in [-0.2, -0.15) is 0 Å². The molecule has 1 atom stereocenters. The van der Waals surface area contributed by atoms with Crippen LogP contribution in [0.2, 0.25) is 0 Å². The molecular formula is C16H20O7. The molecule has 0 heterocycles. The van der Waals surface area contributed by atoms with Crippen molar-refractivity contribution in [3.05, 3.63) is 48.0 Å². The molecule has 0 aliphatic heterocycles. The number of carbonyl (C=O) groups is 2. The lowest BCUT2D eigenvalue weighted by Gasteiger charge is -2.34. The normalized spacial score (nSPS) is 12.3. The van der Waals surface area contributed by atoms with Crippen LogP contribution >= 0.6 is 0 Å². The maximum absolute atomic E-state index is 11.9. The van der Waals surface area contributed by atoms with Gasteiger partial charge in [-0.3, -0.25) is 0 Å². The molecule has 7 nitrogen and oxygen atoms in total. The molecule has 1 unspecified atom stereocenters. The summed E-state index contributed by atoms with van der Waals surface area (Å²) >= 11 is 0. The first-order chi connectivity index (χ1) is 10.9. The Hall–Kier alpha value is -2.22. The molecule has 0 saturated carbocycles. The molecule has 0 fully saturated rings. The minimum Gasteiger partial charge on any atom is -0.396 e.